The highest BCUT2D eigenvalue weighted by Gasteiger charge is 2.36. The Labute approximate surface area is 149 Å². The molecule has 1 aliphatic heterocycles. The van der Waals surface area contributed by atoms with Crippen LogP contribution in [0.4, 0.5) is 0 Å². The molecule has 1 aliphatic rings. The Morgan fingerprint density at radius 1 is 1.13 bits per heavy atom. The summed E-state index contributed by atoms with van der Waals surface area (Å²) in [5.41, 5.74) is 0.967. The summed E-state index contributed by atoms with van der Waals surface area (Å²) < 4.78 is 33.4. The highest BCUT2D eigenvalue weighted by molar-refractivity contribution is 9.10. The van der Waals surface area contributed by atoms with Gasteiger partial charge in [-0.05, 0) is 42.0 Å². The Morgan fingerprint density at radius 2 is 1.78 bits per heavy atom. The zero-order chi connectivity index (χ0) is 16.4. The molecule has 0 aliphatic carbocycles. The molecule has 1 atom stereocenters. The average molecular weight is 414 g/mol. The first-order chi connectivity index (χ1) is 11.0. The second-order valence-electron chi connectivity index (χ2n) is 5.07. The van der Waals surface area contributed by atoms with Crippen LogP contribution in [0.2, 0.25) is 0 Å². The maximum Gasteiger partial charge on any atom is 0.244 e. The SMILES string of the molecule is COc1ccc([C@H]2SCCN2S(=O)(=O)c2ccc(Br)cc2)cc1. The number of halogens is 1. The first-order valence-corrected chi connectivity index (χ1v) is 10.3. The van der Waals surface area contributed by atoms with E-state index in [4.69, 9.17) is 4.74 Å². The standard InChI is InChI=1S/C16H16BrNO3S2/c1-21-14-6-2-12(3-7-14)16-18(10-11-22-16)23(19,20)15-8-4-13(17)5-9-15/h2-9,16H,10-11H2,1H3/t16-/m1/s1. The van der Waals surface area contributed by atoms with Crippen LogP contribution in [0.3, 0.4) is 0 Å². The lowest BCUT2D eigenvalue weighted by Crippen LogP contribution is -2.30. The van der Waals surface area contributed by atoms with Gasteiger partial charge in [-0.1, -0.05) is 28.1 Å². The molecule has 1 heterocycles. The largest absolute Gasteiger partial charge is 0.497 e. The van der Waals surface area contributed by atoms with Crippen molar-refractivity contribution in [2.45, 2.75) is 10.3 Å². The van der Waals surface area contributed by atoms with E-state index in [0.717, 1.165) is 21.5 Å². The van der Waals surface area contributed by atoms with E-state index in [2.05, 4.69) is 15.9 Å². The summed E-state index contributed by atoms with van der Waals surface area (Å²) in [4.78, 5) is 0.321. The molecule has 0 aromatic heterocycles. The summed E-state index contributed by atoms with van der Waals surface area (Å²) in [6, 6.07) is 14.3. The summed E-state index contributed by atoms with van der Waals surface area (Å²) in [5, 5.41) is -0.199. The van der Waals surface area contributed by atoms with Gasteiger partial charge < -0.3 is 4.74 Å². The fourth-order valence-electron chi connectivity index (χ4n) is 2.47. The van der Waals surface area contributed by atoms with E-state index in [0.29, 0.717) is 11.4 Å². The number of rotatable bonds is 4. The Balaban J connectivity index is 1.92. The third-order valence-corrected chi connectivity index (χ3v) is 7.47. The Morgan fingerprint density at radius 3 is 2.39 bits per heavy atom. The fourth-order valence-corrected chi connectivity index (χ4v) is 5.98. The number of hydrogen-bond acceptors (Lipinski definition) is 4. The van der Waals surface area contributed by atoms with Crippen LogP contribution in [-0.2, 0) is 10.0 Å². The molecule has 0 bridgehead atoms. The molecule has 0 N–H and O–H groups in total. The minimum Gasteiger partial charge on any atom is -0.497 e. The van der Waals surface area contributed by atoms with Crippen molar-refractivity contribution in [2.24, 2.45) is 0 Å². The van der Waals surface area contributed by atoms with Crippen molar-refractivity contribution in [3.63, 3.8) is 0 Å². The first kappa shape index (κ1) is 16.8. The molecule has 7 heteroatoms. The van der Waals surface area contributed by atoms with Gasteiger partial charge in [0, 0.05) is 16.8 Å². The monoisotopic (exact) mass is 413 g/mol. The smallest absolute Gasteiger partial charge is 0.244 e. The summed E-state index contributed by atoms with van der Waals surface area (Å²) in [7, 11) is -1.89. The molecule has 0 unspecified atom stereocenters. The second kappa shape index (κ2) is 6.84. The van der Waals surface area contributed by atoms with Crippen molar-refractivity contribution in [3.8, 4) is 5.75 Å². The molecule has 0 amide bonds. The summed E-state index contributed by atoms with van der Waals surface area (Å²) in [6.45, 7) is 0.514. The van der Waals surface area contributed by atoms with Crippen LogP contribution in [0.25, 0.3) is 0 Å². The molecular formula is C16H16BrNO3S2. The van der Waals surface area contributed by atoms with Gasteiger partial charge in [-0.25, -0.2) is 8.42 Å². The molecule has 3 rings (SSSR count). The molecule has 1 saturated heterocycles. The molecule has 1 fully saturated rings. The van der Waals surface area contributed by atoms with E-state index in [1.807, 2.05) is 24.3 Å². The number of methoxy groups -OCH3 is 1. The summed E-state index contributed by atoms with van der Waals surface area (Å²) in [5.74, 6) is 1.55. The van der Waals surface area contributed by atoms with Gasteiger partial charge in [0.05, 0.1) is 17.4 Å². The van der Waals surface area contributed by atoms with E-state index < -0.39 is 10.0 Å². The average Bonchev–Trinajstić information content (AvgIpc) is 3.06. The van der Waals surface area contributed by atoms with Crippen LogP contribution in [0.1, 0.15) is 10.9 Å². The molecule has 2 aromatic carbocycles. The molecule has 0 saturated carbocycles. The Bertz CT molecular complexity index is 776. The molecule has 2 aromatic rings. The fraction of sp³-hybridized carbons (Fsp3) is 0.250. The van der Waals surface area contributed by atoms with Crippen molar-refractivity contribution in [3.05, 3.63) is 58.6 Å². The third-order valence-electron chi connectivity index (χ3n) is 3.67. The van der Waals surface area contributed by atoms with Gasteiger partial charge in [-0.3, -0.25) is 0 Å². The highest BCUT2D eigenvalue weighted by Crippen LogP contribution is 2.41. The van der Waals surface area contributed by atoms with Crippen molar-refractivity contribution in [2.75, 3.05) is 19.4 Å². The summed E-state index contributed by atoms with van der Waals surface area (Å²) >= 11 is 4.97. The zero-order valence-electron chi connectivity index (χ0n) is 12.5. The van der Waals surface area contributed by atoms with Crippen LogP contribution in [0, 0.1) is 0 Å². The third kappa shape index (κ3) is 3.42. The maximum absolute atomic E-state index is 12.9. The van der Waals surface area contributed by atoms with E-state index in [-0.39, 0.29) is 5.37 Å². The second-order valence-corrected chi connectivity index (χ2v) is 9.06. The molecule has 122 valence electrons. The van der Waals surface area contributed by atoms with Crippen LogP contribution in [0.5, 0.6) is 5.75 Å². The quantitative estimate of drug-likeness (QED) is 0.762. The van der Waals surface area contributed by atoms with Gasteiger partial charge in [-0.15, -0.1) is 11.8 Å². The predicted octanol–water partition coefficient (Wildman–Crippen LogP) is 3.89. The van der Waals surface area contributed by atoms with Gasteiger partial charge in [0.25, 0.3) is 0 Å². The van der Waals surface area contributed by atoms with Crippen molar-refractivity contribution >= 4 is 37.7 Å². The minimum atomic E-state index is -3.51. The van der Waals surface area contributed by atoms with Crippen LogP contribution < -0.4 is 4.74 Å². The lowest BCUT2D eigenvalue weighted by atomic mass is 10.2. The van der Waals surface area contributed by atoms with E-state index in [1.165, 1.54) is 0 Å². The topological polar surface area (TPSA) is 46.6 Å². The normalized spacial score (nSPS) is 19.0. The van der Waals surface area contributed by atoms with E-state index in [1.54, 1.807) is 47.4 Å². The van der Waals surface area contributed by atoms with Crippen LogP contribution in [0.15, 0.2) is 57.9 Å². The number of hydrogen-bond donors (Lipinski definition) is 0. The zero-order valence-corrected chi connectivity index (χ0v) is 15.7. The molecular weight excluding hydrogens is 398 g/mol. The van der Waals surface area contributed by atoms with E-state index in [9.17, 15) is 8.42 Å². The number of benzene rings is 2. The minimum absolute atomic E-state index is 0.199. The molecule has 4 nitrogen and oxygen atoms in total. The van der Waals surface area contributed by atoms with Crippen LogP contribution >= 0.6 is 27.7 Å². The van der Waals surface area contributed by atoms with Gasteiger partial charge in [-0.2, -0.15) is 4.31 Å². The number of sulfonamides is 1. The number of thioether (sulfide) groups is 1. The lowest BCUT2D eigenvalue weighted by molar-refractivity contribution is 0.413. The summed E-state index contributed by atoms with van der Waals surface area (Å²) in [6.07, 6.45) is 0. The number of nitrogens with zero attached hydrogens (tertiary/aromatic N) is 1. The molecule has 0 radical (unpaired) electrons. The lowest BCUT2D eigenvalue weighted by Gasteiger charge is -2.23. The molecule has 23 heavy (non-hydrogen) atoms. The van der Waals surface area contributed by atoms with Crippen molar-refractivity contribution in [1.29, 1.82) is 0 Å². The molecule has 0 spiro atoms. The van der Waals surface area contributed by atoms with Gasteiger partial charge in [0.15, 0.2) is 0 Å². The number of ether oxygens (including phenoxy) is 1. The van der Waals surface area contributed by atoms with Crippen LogP contribution in [-0.4, -0.2) is 32.1 Å². The Kier molecular flexibility index (Phi) is 5.01. The van der Waals surface area contributed by atoms with Gasteiger partial charge in [0.2, 0.25) is 10.0 Å². The van der Waals surface area contributed by atoms with Crippen molar-refractivity contribution in [1.82, 2.24) is 4.31 Å². The van der Waals surface area contributed by atoms with Crippen molar-refractivity contribution < 1.29 is 13.2 Å². The highest BCUT2D eigenvalue weighted by atomic mass is 79.9. The Hall–Kier alpha value is -1.02. The predicted molar refractivity (Wildman–Crippen MR) is 96.2 cm³/mol. The van der Waals surface area contributed by atoms with Gasteiger partial charge in [0.1, 0.15) is 5.75 Å². The van der Waals surface area contributed by atoms with Gasteiger partial charge >= 0.3 is 0 Å². The van der Waals surface area contributed by atoms with E-state index >= 15 is 0 Å². The maximum atomic E-state index is 12.9. The first-order valence-electron chi connectivity index (χ1n) is 7.05.